The van der Waals surface area contributed by atoms with Crippen molar-refractivity contribution >= 4 is 11.7 Å². The molecule has 1 fully saturated rings. The van der Waals surface area contributed by atoms with E-state index in [-0.39, 0.29) is 5.91 Å². The van der Waals surface area contributed by atoms with Crippen LogP contribution in [0.25, 0.3) is 11.5 Å². The third-order valence-electron chi connectivity index (χ3n) is 5.75. The summed E-state index contributed by atoms with van der Waals surface area (Å²) in [6.45, 7) is 4.91. The summed E-state index contributed by atoms with van der Waals surface area (Å²) in [5, 5.41) is 4.01. The predicted octanol–water partition coefficient (Wildman–Crippen LogP) is 3.37. The van der Waals surface area contributed by atoms with Crippen molar-refractivity contribution in [2.24, 2.45) is 0 Å². The van der Waals surface area contributed by atoms with Gasteiger partial charge >= 0.3 is 0 Å². The van der Waals surface area contributed by atoms with Crippen molar-refractivity contribution in [3.05, 3.63) is 54.0 Å². The Morgan fingerprint density at radius 3 is 2.81 bits per heavy atom. The lowest BCUT2D eigenvalue weighted by Crippen LogP contribution is -2.35. The van der Waals surface area contributed by atoms with Gasteiger partial charge in [-0.3, -0.25) is 4.79 Å². The molecule has 3 heterocycles. The van der Waals surface area contributed by atoms with Crippen LogP contribution in [0.5, 0.6) is 5.75 Å². The molecule has 8 nitrogen and oxygen atoms in total. The Hall–Kier alpha value is -3.42. The molecule has 0 spiro atoms. The van der Waals surface area contributed by atoms with Crippen LogP contribution in [0.3, 0.4) is 0 Å². The zero-order valence-electron chi connectivity index (χ0n) is 18.7. The third kappa shape index (κ3) is 4.90. The molecule has 0 radical (unpaired) electrons. The summed E-state index contributed by atoms with van der Waals surface area (Å²) in [5.74, 6) is 2.99. The zero-order chi connectivity index (χ0) is 22.3. The van der Waals surface area contributed by atoms with E-state index in [2.05, 4.69) is 20.0 Å². The fourth-order valence-electron chi connectivity index (χ4n) is 4.01. The van der Waals surface area contributed by atoms with Gasteiger partial charge in [0.1, 0.15) is 11.6 Å². The standard InChI is InChI=1S/C24H29N5O3/c1-3-21-26-24(32-27-21)19-9-6-13-25-23(19)29-15-7-14-28(16-17-29)22(30)12-11-18-8-4-5-10-20(18)31-2/h4-6,8-10,13H,3,7,11-12,14-17H2,1-2H3. The molecular formula is C24H29N5O3. The van der Waals surface area contributed by atoms with E-state index in [1.165, 1.54) is 0 Å². The molecule has 2 aromatic heterocycles. The number of methoxy groups -OCH3 is 1. The molecule has 0 N–H and O–H groups in total. The quantitative estimate of drug-likeness (QED) is 0.562. The monoisotopic (exact) mass is 435 g/mol. The minimum Gasteiger partial charge on any atom is -0.496 e. The molecule has 0 unspecified atom stereocenters. The van der Waals surface area contributed by atoms with E-state index in [1.807, 2.05) is 48.2 Å². The maximum absolute atomic E-state index is 12.9. The van der Waals surface area contributed by atoms with E-state index in [9.17, 15) is 4.79 Å². The lowest BCUT2D eigenvalue weighted by molar-refractivity contribution is -0.130. The fraction of sp³-hybridized carbons (Fsp3) is 0.417. The van der Waals surface area contributed by atoms with Crippen LogP contribution >= 0.6 is 0 Å². The Morgan fingerprint density at radius 1 is 1.12 bits per heavy atom. The molecule has 8 heteroatoms. The summed E-state index contributed by atoms with van der Waals surface area (Å²) in [7, 11) is 1.66. The first kappa shape index (κ1) is 21.8. The molecule has 1 aliphatic rings. The van der Waals surface area contributed by atoms with Gasteiger partial charge in [0.15, 0.2) is 5.82 Å². The van der Waals surface area contributed by atoms with Gasteiger partial charge in [-0.15, -0.1) is 0 Å². The second-order valence-corrected chi connectivity index (χ2v) is 7.78. The number of carbonyl (C=O) groups is 1. The van der Waals surface area contributed by atoms with E-state index < -0.39 is 0 Å². The third-order valence-corrected chi connectivity index (χ3v) is 5.75. The summed E-state index contributed by atoms with van der Waals surface area (Å²) >= 11 is 0. The number of rotatable bonds is 7. The van der Waals surface area contributed by atoms with Gasteiger partial charge in [-0.05, 0) is 36.6 Å². The normalized spacial score (nSPS) is 14.3. The van der Waals surface area contributed by atoms with Gasteiger partial charge < -0.3 is 19.1 Å². The van der Waals surface area contributed by atoms with Crippen LogP contribution in [0.1, 0.15) is 31.2 Å². The van der Waals surface area contributed by atoms with E-state index in [0.717, 1.165) is 48.6 Å². The number of ether oxygens (including phenoxy) is 1. The van der Waals surface area contributed by atoms with Crippen molar-refractivity contribution in [2.75, 3.05) is 38.2 Å². The number of aromatic nitrogens is 3. The van der Waals surface area contributed by atoms with Gasteiger partial charge in [-0.25, -0.2) is 4.98 Å². The van der Waals surface area contributed by atoms with Crippen LogP contribution in [0.4, 0.5) is 5.82 Å². The van der Waals surface area contributed by atoms with Gasteiger partial charge in [0.2, 0.25) is 5.91 Å². The molecule has 0 bridgehead atoms. The number of nitrogens with zero attached hydrogens (tertiary/aromatic N) is 5. The smallest absolute Gasteiger partial charge is 0.261 e. The van der Waals surface area contributed by atoms with Gasteiger partial charge in [-0.2, -0.15) is 4.98 Å². The van der Waals surface area contributed by atoms with Crippen LogP contribution in [0, 0.1) is 0 Å². The van der Waals surface area contributed by atoms with Crippen LogP contribution in [-0.2, 0) is 17.6 Å². The van der Waals surface area contributed by atoms with Crippen molar-refractivity contribution < 1.29 is 14.1 Å². The SMILES string of the molecule is CCc1noc(-c2cccnc2N2CCCN(C(=O)CCc3ccccc3OC)CC2)n1. The van der Waals surface area contributed by atoms with Gasteiger partial charge in [0.05, 0.1) is 12.7 Å². The number of amides is 1. The number of anilines is 1. The summed E-state index contributed by atoms with van der Waals surface area (Å²) in [4.78, 5) is 26.1. The van der Waals surface area contributed by atoms with Gasteiger partial charge in [0.25, 0.3) is 5.89 Å². The Kier molecular flexibility index (Phi) is 6.99. The fourth-order valence-corrected chi connectivity index (χ4v) is 4.01. The van der Waals surface area contributed by atoms with Crippen LogP contribution < -0.4 is 9.64 Å². The van der Waals surface area contributed by atoms with Crippen LogP contribution in [-0.4, -0.2) is 59.2 Å². The van der Waals surface area contributed by atoms with Gasteiger partial charge in [0, 0.05) is 45.2 Å². The Bertz CT molecular complexity index is 1050. The molecule has 3 aromatic rings. The van der Waals surface area contributed by atoms with Crippen LogP contribution in [0.2, 0.25) is 0 Å². The number of aryl methyl sites for hydroxylation is 2. The molecule has 0 saturated carbocycles. The summed E-state index contributed by atoms with van der Waals surface area (Å²) in [6.07, 6.45) is 4.51. The second-order valence-electron chi connectivity index (χ2n) is 7.78. The summed E-state index contributed by atoms with van der Waals surface area (Å²) in [5.41, 5.74) is 1.89. The highest BCUT2D eigenvalue weighted by Gasteiger charge is 2.23. The number of para-hydroxylation sites is 1. The maximum Gasteiger partial charge on any atom is 0.261 e. The summed E-state index contributed by atoms with van der Waals surface area (Å²) in [6, 6.07) is 11.7. The molecule has 1 saturated heterocycles. The molecular weight excluding hydrogens is 406 g/mol. The minimum atomic E-state index is 0.170. The first-order chi connectivity index (χ1) is 15.7. The Morgan fingerprint density at radius 2 is 2.00 bits per heavy atom. The minimum absolute atomic E-state index is 0.170. The van der Waals surface area contributed by atoms with E-state index in [1.54, 1.807) is 13.3 Å². The average Bonchev–Trinajstić information content (AvgIpc) is 3.19. The van der Waals surface area contributed by atoms with E-state index >= 15 is 0 Å². The average molecular weight is 436 g/mol. The maximum atomic E-state index is 12.9. The highest BCUT2D eigenvalue weighted by molar-refractivity contribution is 5.77. The van der Waals surface area contributed by atoms with Crippen molar-refractivity contribution in [3.8, 4) is 17.2 Å². The number of hydrogen-bond acceptors (Lipinski definition) is 7. The molecule has 1 aromatic carbocycles. The molecule has 168 valence electrons. The lowest BCUT2D eigenvalue weighted by atomic mass is 10.1. The first-order valence-corrected chi connectivity index (χ1v) is 11.1. The molecule has 0 aliphatic carbocycles. The number of benzene rings is 1. The predicted molar refractivity (Wildman–Crippen MR) is 122 cm³/mol. The van der Waals surface area contributed by atoms with Crippen molar-refractivity contribution in [3.63, 3.8) is 0 Å². The van der Waals surface area contributed by atoms with E-state index in [0.29, 0.717) is 37.6 Å². The number of carbonyl (C=O) groups excluding carboxylic acids is 1. The van der Waals surface area contributed by atoms with Crippen molar-refractivity contribution in [2.45, 2.75) is 32.6 Å². The van der Waals surface area contributed by atoms with Crippen molar-refractivity contribution in [1.29, 1.82) is 0 Å². The molecule has 32 heavy (non-hydrogen) atoms. The largest absolute Gasteiger partial charge is 0.496 e. The number of hydrogen-bond donors (Lipinski definition) is 0. The summed E-state index contributed by atoms with van der Waals surface area (Å²) < 4.78 is 10.9. The highest BCUT2D eigenvalue weighted by Crippen LogP contribution is 2.28. The molecule has 1 amide bonds. The zero-order valence-corrected chi connectivity index (χ0v) is 18.7. The van der Waals surface area contributed by atoms with Crippen LogP contribution in [0.15, 0.2) is 47.1 Å². The van der Waals surface area contributed by atoms with Gasteiger partial charge in [-0.1, -0.05) is 30.3 Å². The topological polar surface area (TPSA) is 84.6 Å². The van der Waals surface area contributed by atoms with Crippen molar-refractivity contribution in [1.82, 2.24) is 20.0 Å². The Labute approximate surface area is 188 Å². The van der Waals surface area contributed by atoms with E-state index in [4.69, 9.17) is 9.26 Å². The lowest BCUT2D eigenvalue weighted by Gasteiger charge is -2.24. The number of pyridine rings is 1. The molecule has 0 atom stereocenters. The second kappa shape index (κ2) is 10.3. The highest BCUT2D eigenvalue weighted by atomic mass is 16.5. The molecule has 4 rings (SSSR count). The molecule has 1 aliphatic heterocycles. The Balaban J connectivity index is 1.41. The first-order valence-electron chi connectivity index (χ1n) is 11.1.